The van der Waals surface area contributed by atoms with Crippen molar-refractivity contribution in [1.29, 1.82) is 0 Å². The summed E-state index contributed by atoms with van der Waals surface area (Å²) in [7, 11) is 0. The van der Waals surface area contributed by atoms with Gasteiger partial charge in [0.25, 0.3) is 5.91 Å². The van der Waals surface area contributed by atoms with Crippen LogP contribution in [0.4, 0.5) is 0 Å². The lowest BCUT2D eigenvalue weighted by Crippen LogP contribution is -2.31. The van der Waals surface area contributed by atoms with E-state index in [1.54, 1.807) is 23.1 Å². The Hall–Kier alpha value is -2.86. The van der Waals surface area contributed by atoms with Gasteiger partial charge in [-0.3, -0.25) is 4.79 Å². The van der Waals surface area contributed by atoms with Gasteiger partial charge in [-0.2, -0.15) is 0 Å². The van der Waals surface area contributed by atoms with Gasteiger partial charge in [0.05, 0.1) is 23.7 Å². The number of ether oxygens (including phenoxy) is 1. The van der Waals surface area contributed by atoms with E-state index in [0.717, 1.165) is 18.8 Å². The molecule has 1 fully saturated rings. The van der Waals surface area contributed by atoms with E-state index in [1.807, 2.05) is 37.3 Å². The number of carbonyl (C=O) groups is 1. The highest BCUT2D eigenvalue weighted by Gasteiger charge is 2.22. The predicted molar refractivity (Wildman–Crippen MR) is 114 cm³/mol. The Bertz CT molecular complexity index is 999. The van der Waals surface area contributed by atoms with Gasteiger partial charge in [0.15, 0.2) is 0 Å². The fraction of sp³-hybridized carbons (Fsp3) is 0.348. The largest absolute Gasteiger partial charge is 0.493 e. The average Bonchev–Trinajstić information content (AvgIpc) is 3.49. The molecule has 0 spiro atoms. The van der Waals surface area contributed by atoms with Crippen molar-refractivity contribution >= 4 is 17.5 Å². The lowest BCUT2D eigenvalue weighted by Gasteiger charge is -2.20. The fourth-order valence-electron chi connectivity index (χ4n) is 3.12. The molecule has 1 aromatic heterocycles. The summed E-state index contributed by atoms with van der Waals surface area (Å²) in [6, 6.07) is 14.6. The lowest BCUT2D eigenvalue weighted by molar-refractivity contribution is 0.0728. The van der Waals surface area contributed by atoms with Gasteiger partial charge in [-0.05, 0) is 61.6 Å². The molecule has 0 radical (unpaired) electrons. The summed E-state index contributed by atoms with van der Waals surface area (Å²) in [6.45, 7) is 3.60. The third-order valence-electron chi connectivity index (χ3n) is 4.96. The van der Waals surface area contributed by atoms with E-state index in [1.165, 1.54) is 12.8 Å². The molecule has 4 rings (SSSR count). The first kappa shape index (κ1) is 20.4. The number of aromatic nitrogens is 2. The third kappa shape index (κ3) is 5.00. The number of halogens is 1. The molecule has 1 heterocycles. The number of amides is 1. The van der Waals surface area contributed by atoms with Crippen LogP contribution in [-0.4, -0.2) is 34.2 Å². The van der Waals surface area contributed by atoms with Crippen LogP contribution >= 0.6 is 11.6 Å². The summed E-state index contributed by atoms with van der Waals surface area (Å²) in [5, 5.41) is 8.73. The van der Waals surface area contributed by atoms with Gasteiger partial charge in [-0.1, -0.05) is 30.7 Å². The average molecular weight is 426 g/mol. The summed E-state index contributed by atoms with van der Waals surface area (Å²) >= 11 is 6.21. The molecule has 6 nitrogen and oxygen atoms in total. The first-order valence-corrected chi connectivity index (χ1v) is 10.6. The van der Waals surface area contributed by atoms with E-state index in [9.17, 15) is 4.79 Å². The molecule has 1 amide bonds. The molecule has 0 bridgehead atoms. The van der Waals surface area contributed by atoms with Crippen molar-refractivity contribution in [2.75, 3.05) is 13.2 Å². The molecule has 0 N–H and O–H groups in total. The monoisotopic (exact) mass is 425 g/mol. The Balaban J connectivity index is 1.44. The van der Waals surface area contributed by atoms with Crippen molar-refractivity contribution < 1.29 is 13.9 Å². The van der Waals surface area contributed by atoms with Crippen molar-refractivity contribution in [3.8, 4) is 17.2 Å². The zero-order chi connectivity index (χ0) is 20.9. The maximum Gasteiger partial charge on any atom is 0.254 e. The highest BCUT2D eigenvalue weighted by atomic mass is 35.5. The summed E-state index contributed by atoms with van der Waals surface area (Å²) < 4.78 is 11.5. The first-order chi connectivity index (χ1) is 14.6. The van der Waals surface area contributed by atoms with E-state index in [2.05, 4.69) is 10.2 Å². The highest BCUT2D eigenvalue weighted by Crippen LogP contribution is 2.30. The molecule has 156 valence electrons. The van der Waals surface area contributed by atoms with Gasteiger partial charge >= 0.3 is 0 Å². The summed E-state index contributed by atoms with van der Waals surface area (Å²) in [5.74, 6) is 2.12. The normalized spacial score (nSPS) is 13.3. The maximum absolute atomic E-state index is 13.0. The van der Waals surface area contributed by atoms with E-state index in [0.29, 0.717) is 40.4 Å². The van der Waals surface area contributed by atoms with Crippen molar-refractivity contribution in [3.05, 3.63) is 65.0 Å². The smallest absolute Gasteiger partial charge is 0.254 e. The Morgan fingerprint density at radius 2 is 1.93 bits per heavy atom. The number of hydrogen-bond donors (Lipinski definition) is 0. The minimum atomic E-state index is -0.0805. The van der Waals surface area contributed by atoms with Gasteiger partial charge in [-0.25, -0.2) is 0 Å². The number of rotatable bonds is 9. The molecule has 0 atom stereocenters. The SMILES string of the molecule is CCCN(Cc1nnc(-c2ccccc2Cl)o1)C(=O)c1ccc(OCC2CC2)cc1. The molecule has 3 aromatic rings. The van der Waals surface area contributed by atoms with E-state index in [-0.39, 0.29) is 12.5 Å². The lowest BCUT2D eigenvalue weighted by atomic mass is 10.2. The molecule has 1 saturated carbocycles. The molecule has 1 aliphatic rings. The van der Waals surface area contributed by atoms with Crippen molar-refractivity contribution in [2.45, 2.75) is 32.7 Å². The van der Waals surface area contributed by atoms with Gasteiger partial charge < -0.3 is 14.1 Å². The van der Waals surface area contributed by atoms with Crippen LogP contribution in [0.2, 0.25) is 5.02 Å². The fourth-order valence-corrected chi connectivity index (χ4v) is 3.34. The molecule has 0 unspecified atom stereocenters. The van der Waals surface area contributed by atoms with E-state index < -0.39 is 0 Å². The highest BCUT2D eigenvalue weighted by molar-refractivity contribution is 6.33. The number of benzene rings is 2. The van der Waals surface area contributed by atoms with Crippen LogP contribution in [0.3, 0.4) is 0 Å². The maximum atomic E-state index is 13.0. The van der Waals surface area contributed by atoms with Crippen molar-refractivity contribution in [1.82, 2.24) is 15.1 Å². The van der Waals surface area contributed by atoms with Crippen LogP contribution in [0.1, 0.15) is 42.4 Å². The topological polar surface area (TPSA) is 68.5 Å². The van der Waals surface area contributed by atoms with Crippen LogP contribution in [0.15, 0.2) is 52.9 Å². The van der Waals surface area contributed by atoms with Crippen LogP contribution in [-0.2, 0) is 6.54 Å². The van der Waals surface area contributed by atoms with Gasteiger partial charge in [0.1, 0.15) is 5.75 Å². The molecular formula is C23H24ClN3O3. The zero-order valence-corrected chi connectivity index (χ0v) is 17.6. The Morgan fingerprint density at radius 1 is 1.17 bits per heavy atom. The number of nitrogens with zero attached hydrogens (tertiary/aromatic N) is 3. The van der Waals surface area contributed by atoms with Crippen LogP contribution < -0.4 is 4.74 Å². The molecule has 30 heavy (non-hydrogen) atoms. The minimum Gasteiger partial charge on any atom is -0.493 e. The Kier molecular flexibility index (Phi) is 6.33. The summed E-state index contributed by atoms with van der Waals surface area (Å²) in [4.78, 5) is 14.7. The molecule has 1 aliphatic carbocycles. The molecule has 0 saturated heterocycles. The van der Waals surface area contributed by atoms with Gasteiger partial charge in [-0.15, -0.1) is 10.2 Å². The predicted octanol–water partition coefficient (Wildman–Crippen LogP) is 5.23. The quantitative estimate of drug-likeness (QED) is 0.469. The zero-order valence-electron chi connectivity index (χ0n) is 16.9. The third-order valence-corrected chi connectivity index (χ3v) is 5.29. The molecule has 7 heteroatoms. The first-order valence-electron chi connectivity index (χ1n) is 10.2. The van der Waals surface area contributed by atoms with E-state index >= 15 is 0 Å². The van der Waals surface area contributed by atoms with E-state index in [4.69, 9.17) is 20.8 Å². The van der Waals surface area contributed by atoms with Crippen LogP contribution in [0.25, 0.3) is 11.5 Å². The molecule has 2 aromatic carbocycles. The van der Waals surface area contributed by atoms with Gasteiger partial charge in [0, 0.05) is 12.1 Å². The number of hydrogen-bond acceptors (Lipinski definition) is 5. The second-order valence-corrected chi connectivity index (χ2v) is 7.89. The second kappa shape index (κ2) is 9.30. The summed E-state index contributed by atoms with van der Waals surface area (Å²) in [6.07, 6.45) is 3.31. The second-order valence-electron chi connectivity index (χ2n) is 7.49. The van der Waals surface area contributed by atoms with Crippen LogP contribution in [0.5, 0.6) is 5.75 Å². The van der Waals surface area contributed by atoms with Crippen LogP contribution in [0, 0.1) is 5.92 Å². The van der Waals surface area contributed by atoms with Gasteiger partial charge in [0.2, 0.25) is 11.8 Å². The molecule has 0 aliphatic heterocycles. The standard InChI is InChI=1S/C23H24ClN3O3/c1-2-13-27(14-21-25-26-22(30-21)19-5-3-4-6-20(19)24)23(28)17-9-11-18(12-10-17)29-15-16-7-8-16/h3-6,9-12,16H,2,7-8,13-15H2,1H3. The number of carbonyl (C=O) groups excluding carboxylic acids is 1. The Morgan fingerprint density at radius 3 is 2.63 bits per heavy atom. The summed E-state index contributed by atoms with van der Waals surface area (Å²) in [5.41, 5.74) is 1.28. The van der Waals surface area contributed by atoms with Crippen molar-refractivity contribution in [3.63, 3.8) is 0 Å². The minimum absolute atomic E-state index is 0.0805. The van der Waals surface area contributed by atoms with Crippen molar-refractivity contribution in [2.24, 2.45) is 5.92 Å². The Labute approximate surface area is 180 Å². The molecular weight excluding hydrogens is 402 g/mol.